The molecular weight excluding hydrogens is 464 g/mol. The largest absolute Gasteiger partial charge is 0.382 e. The van der Waals surface area contributed by atoms with Crippen molar-refractivity contribution in [3.8, 4) is 11.1 Å². The van der Waals surface area contributed by atoms with E-state index in [1.807, 2.05) is 23.1 Å². The number of nitrogens with zero attached hydrogens (tertiary/aromatic N) is 3. The Labute approximate surface area is 219 Å². The van der Waals surface area contributed by atoms with Crippen LogP contribution in [0, 0.1) is 5.41 Å². The second-order valence-corrected chi connectivity index (χ2v) is 11.2. The average Bonchev–Trinajstić information content (AvgIpc) is 2.91. The number of hydrogen-bond donors (Lipinski definition) is 1. The van der Waals surface area contributed by atoms with Gasteiger partial charge in [-0.05, 0) is 59.2 Å². The van der Waals surface area contributed by atoms with Crippen LogP contribution in [0.3, 0.4) is 0 Å². The molecule has 0 aliphatic carbocycles. The van der Waals surface area contributed by atoms with Gasteiger partial charge >= 0.3 is 0 Å². The van der Waals surface area contributed by atoms with Crippen molar-refractivity contribution in [2.75, 3.05) is 63.2 Å². The van der Waals surface area contributed by atoms with Crippen LogP contribution in [0.2, 0.25) is 0 Å². The van der Waals surface area contributed by atoms with E-state index < -0.39 is 0 Å². The van der Waals surface area contributed by atoms with Crippen LogP contribution < -0.4 is 10.6 Å². The molecular formula is C30H38N4O3. The Morgan fingerprint density at radius 2 is 1.68 bits per heavy atom. The molecule has 0 saturated carbocycles. The molecule has 1 aromatic heterocycles. The lowest BCUT2D eigenvalue weighted by molar-refractivity contribution is 0.0303. The number of anilines is 2. The number of rotatable bonds is 5. The molecule has 0 radical (unpaired) electrons. The number of carbonyl (C=O) groups excluding carboxylic acids is 1. The zero-order valence-corrected chi connectivity index (χ0v) is 22.3. The lowest BCUT2D eigenvalue weighted by Crippen LogP contribution is -2.40. The van der Waals surface area contributed by atoms with E-state index in [1.165, 1.54) is 5.56 Å². The van der Waals surface area contributed by atoms with E-state index >= 15 is 0 Å². The number of carbonyl (C=O) groups is 1. The van der Waals surface area contributed by atoms with Gasteiger partial charge in [-0.15, -0.1) is 0 Å². The van der Waals surface area contributed by atoms with E-state index in [0.717, 1.165) is 59.2 Å². The molecule has 37 heavy (non-hydrogen) atoms. The van der Waals surface area contributed by atoms with Crippen LogP contribution in [-0.4, -0.2) is 68.4 Å². The summed E-state index contributed by atoms with van der Waals surface area (Å²) in [5, 5.41) is 1.02. The van der Waals surface area contributed by atoms with Gasteiger partial charge in [-0.25, -0.2) is 4.98 Å². The van der Waals surface area contributed by atoms with Crippen molar-refractivity contribution in [3.05, 3.63) is 53.6 Å². The summed E-state index contributed by atoms with van der Waals surface area (Å²) >= 11 is 0. The molecule has 3 aromatic rings. The van der Waals surface area contributed by atoms with Gasteiger partial charge in [-0.3, -0.25) is 4.79 Å². The zero-order chi connectivity index (χ0) is 26.0. The summed E-state index contributed by atoms with van der Waals surface area (Å²) in [6, 6.07) is 14.6. The van der Waals surface area contributed by atoms with Crippen LogP contribution >= 0.6 is 0 Å². The Kier molecular flexibility index (Phi) is 7.36. The maximum atomic E-state index is 13.7. The van der Waals surface area contributed by atoms with Crippen molar-refractivity contribution in [1.29, 1.82) is 0 Å². The van der Waals surface area contributed by atoms with Crippen molar-refractivity contribution >= 4 is 28.3 Å². The second kappa shape index (κ2) is 10.7. The van der Waals surface area contributed by atoms with Crippen LogP contribution in [0.5, 0.6) is 0 Å². The fourth-order valence-electron chi connectivity index (χ4n) is 5.17. The van der Waals surface area contributed by atoms with Crippen molar-refractivity contribution in [3.63, 3.8) is 0 Å². The van der Waals surface area contributed by atoms with Gasteiger partial charge in [0.1, 0.15) is 5.82 Å². The zero-order valence-electron chi connectivity index (χ0n) is 22.3. The lowest BCUT2D eigenvalue weighted by Gasteiger charge is -2.29. The van der Waals surface area contributed by atoms with Gasteiger partial charge in [0.2, 0.25) is 0 Å². The van der Waals surface area contributed by atoms with E-state index in [9.17, 15) is 4.79 Å². The molecule has 2 aliphatic rings. The Balaban J connectivity index is 1.60. The van der Waals surface area contributed by atoms with E-state index in [2.05, 4.69) is 49.9 Å². The first-order chi connectivity index (χ1) is 17.8. The Morgan fingerprint density at radius 1 is 0.973 bits per heavy atom. The minimum atomic E-state index is 0.0699. The predicted octanol–water partition coefficient (Wildman–Crippen LogP) is 4.77. The quantitative estimate of drug-likeness (QED) is 0.541. The molecule has 2 N–H and O–H groups in total. The minimum Gasteiger partial charge on any atom is -0.382 e. The number of nitrogen functional groups attached to an aromatic ring is 1. The van der Waals surface area contributed by atoms with Crippen molar-refractivity contribution in [2.45, 2.75) is 33.6 Å². The Morgan fingerprint density at radius 3 is 2.38 bits per heavy atom. The fourth-order valence-corrected chi connectivity index (χ4v) is 5.17. The van der Waals surface area contributed by atoms with Crippen LogP contribution in [0.25, 0.3) is 22.0 Å². The molecule has 0 unspecified atom stereocenters. The number of amides is 1. The number of nitrogens with two attached hydrogens (primary N) is 1. The normalized spacial score (nSPS) is 16.8. The molecule has 7 nitrogen and oxygen atoms in total. The Bertz CT molecular complexity index is 1270. The molecule has 7 heteroatoms. The summed E-state index contributed by atoms with van der Waals surface area (Å²) in [5.74, 6) is 0.608. The van der Waals surface area contributed by atoms with E-state index in [1.54, 1.807) is 0 Å². The van der Waals surface area contributed by atoms with Crippen molar-refractivity contribution < 1.29 is 14.3 Å². The molecule has 196 valence electrons. The lowest BCUT2D eigenvalue weighted by atomic mass is 9.85. The number of morpholine rings is 2. The highest BCUT2D eigenvalue weighted by Gasteiger charge is 2.24. The van der Waals surface area contributed by atoms with Crippen LogP contribution in [-0.2, 0) is 15.9 Å². The molecule has 0 atom stereocenters. The SMILES string of the molecule is CC(C)(C)CCc1cccc(C(=O)N2CCOCC2)c1-c1ccc2nc(N)c(N3CCOCC3)cc2c1. The third kappa shape index (κ3) is 5.73. The first-order valence-corrected chi connectivity index (χ1v) is 13.3. The third-order valence-electron chi connectivity index (χ3n) is 7.29. The number of hydrogen-bond acceptors (Lipinski definition) is 6. The molecule has 3 heterocycles. The summed E-state index contributed by atoms with van der Waals surface area (Å²) in [4.78, 5) is 22.6. The van der Waals surface area contributed by atoms with E-state index in [0.29, 0.717) is 45.3 Å². The minimum absolute atomic E-state index is 0.0699. The second-order valence-electron chi connectivity index (χ2n) is 11.2. The topological polar surface area (TPSA) is 80.9 Å². The molecule has 5 rings (SSSR count). The smallest absolute Gasteiger partial charge is 0.254 e. The number of fused-ring (bicyclic) bond motifs is 1. The van der Waals surface area contributed by atoms with Crippen LogP contribution in [0.15, 0.2) is 42.5 Å². The number of benzene rings is 2. The maximum absolute atomic E-state index is 13.7. The molecule has 2 fully saturated rings. The number of pyridine rings is 1. The van der Waals surface area contributed by atoms with Gasteiger partial charge < -0.3 is 25.0 Å². The highest BCUT2D eigenvalue weighted by atomic mass is 16.5. The molecule has 0 spiro atoms. The highest BCUT2D eigenvalue weighted by molar-refractivity contribution is 6.03. The maximum Gasteiger partial charge on any atom is 0.254 e. The first kappa shape index (κ1) is 25.5. The van der Waals surface area contributed by atoms with Crippen LogP contribution in [0.1, 0.15) is 43.1 Å². The number of aromatic nitrogens is 1. The summed E-state index contributed by atoms with van der Waals surface area (Å²) in [7, 11) is 0. The summed E-state index contributed by atoms with van der Waals surface area (Å²) in [5.41, 5.74) is 12.4. The number of ether oxygens (including phenoxy) is 2. The number of aryl methyl sites for hydroxylation is 1. The molecule has 0 bridgehead atoms. The van der Waals surface area contributed by atoms with Crippen LogP contribution in [0.4, 0.5) is 11.5 Å². The monoisotopic (exact) mass is 502 g/mol. The molecule has 2 aliphatic heterocycles. The van der Waals surface area contributed by atoms with E-state index in [-0.39, 0.29) is 11.3 Å². The standard InChI is InChI=1S/C30H38N4O3/c1-30(2,3)10-9-21-5-4-6-24(29(35)34-13-17-37-18-14-34)27(21)22-7-8-25-23(19-22)20-26(28(31)32-25)33-11-15-36-16-12-33/h4-8,19-20H,9-18H2,1-3H3,(H2,31,32). The highest BCUT2D eigenvalue weighted by Crippen LogP contribution is 2.35. The van der Waals surface area contributed by atoms with Gasteiger partial charge in [-0.2, -0.15) is 0 Å². The summed E-state index contributed by atoms with van der Waals surface area (Å²) in [6.45, 7) is 12.1. The predicted molar refractivity (Wildman–Crippen MR) is 149 cm³/mol. The van der Waals surface area contributed by atoms with Gasteiger partial charge in [0.15, 0.2) is 0 Å². The van der Waals surface area contributed by atoms with E-state index in [4.69, 9.17) is 20.2 Å². The molecule has 2 saturated heterocycles. The van der Waals surface area contributed by atoms with Crippen molar-refractivity contribution in [1.82, 2.24) is 9.88 Å². The van der Waals surface area contributed by atoms with Gasteiger partial charge in [0, 0.05) is 37.1 Å². The molecule has 2 aromatic carbocycles. The van der Waals surface area contributed by atoms with Gasteiger partial charge in [-0.1, -0.05) is 39.0 Å². The van der Waals surface area contributed by atoms with Crippen molar-refractivity contribution in [2.24, 2.45) is 5.41 Å². The average molecular weight is 503 g/mol. The van der Waals surface area contributed by atoms with Gasteiger partial charge in [0.25, 0.3) is 5.91 Å². The molecule has 1 amide bonds. The third-order valence-corrected chi connectivity index (χ3v) is 7.29. The summed E-state index contributed by atoms with van der Waals surface area (Å²) < 4.78 is 11.0. The summed E-state index contributed by atoms with van der Waals surface area (Å²) in [6.07, 6.45) is 1.93. The Hall–Kier alpha value is -3.16. The fraction of sp³-hybridized carbons (Fsp3) is 0.467. The first-order valence-electron chi connectivity index (χ1n) is 13.3. The van der Waals surface area contributed by atoms with Gasteiger partial charge in [0.05, 0.1) is 37.6 Å².